The van der Waals surface area contributed by atoms with Crippen molar-refractivity contribution in [2.24, 2.45) is 0 Å². The van der Waals surface area contributed by atoms with Crippen molar-refractivity contribution in [3.63, 3.8) is 0 Å². The van der Waals surface area contributed by atoms with Gasteiger partial charge in [0.1, 0.15) is 0 Å². The predicted molar refractivity (Wildman–Crippen MR) is 144 cm³/mol. The Labute approximate surface area is 213 Å². The Balaban J connectivity index is 1.04. The normalized spacial score (nSPS) is 21.0. The van der Waals surface area contributed by atoms with Crippen LogP contribution in [0.3, 0.4) is 0 Å². The van der Waals surface area contributed by atoms with Gasteiger partial charge in [-0.1, -0.05) is 48.8 Å². The fraction of sp³-hybridized carbons (Fsp3) is 0.556. The first kappa shape index (κ1) is 23.0. The van der Waals surface area contributed by atoms with Gasteiger partial charge in [-0.25, -0.2) is 0 Å². The van der Waals surface area contributed by atoms with Gasteiger partial charge in [0, 0.05) is 82.5 Å². The van der Waals surface area contributed by atoms with Crippen molar-refractivity contribution in [1.29, 1.82) is 0 Å². The molecule has 3 aliphatic rings. The predicted octanol–water partition coefficient (Wildman–Crippen LogP) is 4.11. The molecule has 1 aliphatic carbocycles. The molecule has 6 rings (SSSR count). The molecule has 1 aromatic carbocycles. The van der Waals surface area contributed by atoms with Gasteiger partial charge >= 0.3 is 0 Å². The van der Waals surface area contributed by atoms with Gasteiger partial charge in [0.05, 0.1) is 0 Å². The SMILES string of the molecule is c1ccc(N2CCN(Cc3cccn3-c3nnc(N4CCN(C5CCCCC5)CC4)s3)CC2)cc1. The molecule has 7 nitrogen and oxygen atoms in total. The molecule has 4 heterocycles. The maximum atomic E-state index is 4.60. The van der Waals surface area contributed by atoms with Gasteiger partial charge in [-0.05, 0) is 37.1 Å². The average Bonchev–Trinajstić information content (AvgIpc) is 3.60. The molecule has 0 bridgehead atoms. The highest BCUT2D eigenvalue weighted by Gasteiger charge is 2.27. The van der Waals surface area contributed by atoms with Crippen LogP contribution in [-0.2, 0) is 6.54 Å². The van der Waals surface area contributed by atoms with Crippen LogP contribution < -0.4 is 9.80 Å². The van der Waals surface area contributed by atoms with E-state index in [1.54, 1.807) is 11.3 Å². The summed E-state index contributed by atoms with van der Waals surface area (Å²) < 4.78 is 2.24. The molecule has 8 heteroatoms. The summed E-state index contributed by atoms with van der Waals surface area (Å²) in [7, 11) is 0. The highest BCUT2D eigenvalue weighted by molar-refractivity contribution is 7.17. The Hall–Kier alpha value is -2.42. The summed E-state index contributed by atoms with van der Waals surface area (Å²) in [5, 5.41) is 11.3. The maximum Gasteiger partial charge on any atom is 0.218 e. The van der Waals surface area contributed by atoms with Gasteiger partial charge in [0.15, 0.2) is 0 Å². The second-order valence-electron chi connectivity index (χ2n) is 10.2. The Morgan fingerprint density at radius 1 is 0.714 bits per heavy atom. The number of anilines is 2. The minimum Gasteiger partial charge on any atom is -0.369 e. The Morgan fingerprint density at radius 3 is 2.20 bits per heavy atom. The fourth-order valence-electron chi connectivity index (χ4n) is 5.92. The number of benzene rings is 1. The molecule has 186 valence electrons. The third kappa shape index (κ3) is 5.25. The summed E-state index contributed by atoms with van der Waals surface area (Å²) in [6.07, 6.45) is 9.16. The molecule has 0 N–H and O–H groups in total. The van der Waals surface area contributed by atoms with Gasteiger partial charge in [-0.3, -0.25) is 14.4 Å². The lowest BCUT2D eigenvalue weighted by Crippen LogP contribution is -2.50. The number of rotatable bonds is 6. The van der Waals surface area contributed by atoms with Crippen LogP contribution in [0.2, 0.25) is 0 Å². The van der Waals surface area contributed by atoms with E-state index in [0.717, 1.165) is 75.2 Å². The van der Waals surface area contributed by atoms with Crippen LogP contribution in [-0.4, -0.2) is 83.0 Å². The minimum atomic E-state index is 0.813. The van der Waals surface area contributed by atoms with Crippen LogP contribution >= 0.6 is 11.3 Å². The number of nitrogens with zero attached hydrogens (tertiary/aromatic N) is 7. The summed E-state index contributed by atoms with van der Waals surface area (Å²) in [5.41, 5.74) is 2.62. The molecule has 2 saturated heterocycles. The first-order chi connectivity index (χ1) is 17.3. The fourth-order valence-corrected chi connectivity index (χ4v) is 6.84. The third-order valence-electron chi connectivity index (χ3n) is 8.00. The van der Waals surface area contributed by atoms with E-state index < -0.39 is 0 Å². The Bertz CT molecular complexity index is 1060. The van der Waals surface area contributed by atoms with E-state index in [0.29, 0.717) is 0 Å². The monoisotopic (exact) mass is 491 g/mol. The van der Waals surface area contributed by atoms with Crippen molar-refractivity contribution >= 4 is 22.2 Å². The molecule has 0 amide bonds. The van der Waals surface area contributed by atoms with Crippen LogP contribution in [0.1, 0.15) is 37.8 Å². The topological polar surface area (TPSA) is 43.7 Å². The van der Waals surface area contributed by atoms with E-state index in [2.05, 4.69) is 83.0 Å². The standard InChI is InChI=1S/C27H37N7S/c1-3-8-23(9-4-1)31-16-14-30(15-17-31)22-25-12-7-13-34(25)27-29-28-26(35-27)33-20-18-32(19-21-33)24-10-5-2-6-11-24/h1,3-4,7-9,12-13,24H,2,5-6,10-11,14-22H2. The van der Waals surface area contributed by atoms with E-state index in [4.69, 9.17) is 0 Å². The molecule has 0 atom stereocenters. The molecule has 35 heavy (non-hydrogen) atoms. The second kappa shape index (κ2) is 10.7. The van der Waals surface area contributed by atoms with Crippen molar-refractivity contribution in [2.75, 3.05) is 62.2 Å². The lowest BCUT2D eigenvalue weighted by molar-refractivity contribution is 0.148. The smallest absolute Gasteiger partial charge is 0.218 e. The summed E-state index contributed by atoms with van der Waals surface area (Å²) >= 11 is 1.73. The number of aromatic nitrogens is 3. The molecular formula is C27H37N7S. The Kier molecular flexibility index (Phi) is 7.02. The number of piperazine rings is 2. The zero-order valence-corrected chi connectivity index (χ0v) is 21.5. The van der Waals surface area contributed by atoms with Crippen LogP contribution in [0.25, 0.3) is 5.13 Å². The summed E-state index contributed by atoms with van der Waals surface area (Å²) in [6.45, 7) is 9.68. The second-order valence-corrected chi connectivity index (χ2v) is 11.1. The third-order valence-corrected chi connectivity index (χ3v) is 8.98. The summed E-state index contributed by atoms with van der Waals surface area (Å²) in [4.78, 5) is 10.2. The van der Waals surface area contributed by atoms with Gasteiger partial charge in [-0.15, -0.1) is 10.2 Å². The van der Waals surface area contributed by atoms with Crippen molar-refractivity contribution < 1.29 is 0 Å². The lowest BCUT2D eigenvalue weighted by Gasteiger charge is -2.40. The lowest BCUT2D eigenvalue weighted by atomic mass is 9.94. The largest absolute Gasteiger partial charge is 0.369 e. The molecule has 3 fully saturated rings. The van der Waals surface area contributed by atoms with Crippen molar-refractivity contribution in [1.82, 2.24) is 24.6 Å². The van der Waals surface area contributed by atoms with Crippen LogP contribution in [0.15, 0.2) is 48.7 Å². The van der Waals surface area contributed by atoms with Crippen LogP contribution in [0.4, 0.5) is 10.8 Å². The van der Waals surface area contributed by atoms with E-state index >= 15 is 0 Å². The molecule has 2 aromatic heterocycles. The average molecular weight is 492 g/mol. The van der Waals surface area contributed by atoms with Gasteiger partial charge < -0.3 is 9.80 Å². The molecule has 0 unspecified atom stereocenters. The quantitative estimate of drug-likeness (QED) is 0.517. The summed E-state index contributed by atoms with van der Waals surface area (Å²) in [6, 6.07) is 15.9. The molecule has 0 radical (unpaired) electrons. The zero-order chi connectivity index (χ0) is 23.5. The first-order valence-electron chi connectivity index (χ1n) is 13.3. The van der Waals surface area contributed by atoms with Gasteiger partial charge in [0.25, 0.3) is 0 Å². The minimum absolute atomic E-state index is 0.813. The number of hydrogen-bond donors (Lipinski definition) is 0. The highest BCUT2D eigenvalue weighted by atomic mass is 32.1. The molecule has 1 saturated carbocycles. The van der Waals surface area contributed by atoms with E-state index in [-0.39, 0.29) is 0 Å². The first-order valence-corrected chi connectivity index (χ1v) is 14.2. The zero-order valence-electron chi connectivity index (χ0n) is 20.6. The molecule has 2 aliphatic heterocycles. The Morgan fingerprint density at radius 2 is 1.43 bits per heavy atom. The number of para-hydroxylation sites is 1. The molecular weight excluding hydrogens is 454 g/mol. The van der Waals surface area contributed by atoms with E-state index in [1.165, 1.54) is 43.5 Å². The van der Waals surface area contributed by atoms with Gasteiger partial charge in [-0.2, -0.15) is 0 Å². The van der Waals surface area contributed by atoms with Crippen molar-refractivity contribution in [3.05, 3.63) is 54.4 Å². The van der Waals surface area contributed by atoms with Crippen molar-refractivity contribution in [2.45, 2.75) is 44.7 Å². The maximum absolute atomic E-state index is 4.60. The van der Waals surface area contributed by atoms with E-state index in [1.807, 2.05) is 0 Å². The van der Waals surface area contributed by atoms with Crippen molar-refractivity contribution in [3.8, 4) is 5.13 Å². The highest BCUT2D eigenvalue weighted by Crippen LogP contribution is 2.28. The van der Waals surface area contributed by atoms with Crippen LogP contribution in [0.5, 0.6) is 0 Å². The molecule has 0 spiro atoms. The van der Waals surface area contributed by atoms with Gasteiger partial charge in [0.2, 0.25) is 10.3 Å². The van der Waals surface area contributed by atoms with Crippen LogP contribution in [0, 0.1) is 0 Å². The van der Waals surface area contributed by atoms with E-state index in [9.17, 15) is 0 Å². The summed E-state index contributed by atoms with van der Waals surface area (Å²) in [5.74, 6) is 0. The molecule has 3 aromatic rings. The number of hydrogen-bond acceptors (Lipinski definition) is 7.